The minimum absolute atomic E-state index is 0.0275. The van der Waals surface area contributed by atoms with Gasteiger partial charge in [0.25, 0.3) is 0 Å². The number of hydrogen-bond donors (Lipinski definition) is 1. The molecule has 3 rings (SSSR count). The van der Waals surface area contributed by atoms with Crippen LogP contribution < -0.4 is 5.32 Å². The molecule has 0 saturated carbocycles. The second kappa shape index (κ2) is 7.69. The third kappa shape index (κ3) is 3.77. The Morgan fingerprint density at radius 1 is 1.23 bits per heavy atom. The van der Waals surface area contributed by atoms with Crippen molar-refractivity contribution in [3.63, 3.8) is 0 Å². The number of halogens is 2. The predicted molar refractivity (Wildman–Crippen MR) is 93.8 cm³/mol. The van der Waals surface area contributed by atoms with Crippen molar-refractivity contribution in [2.24, 2.45) is 0 Å². The lowest BCUT2D eigenvalue weighted by Gasteiger charge is -2.12. The Balaban J connectivity index is 1.73. The van der Waals surface area contributed by atoms with Crippen LogP contribution in [-0.4, -0.2) is 26.4 Å². The molecular weight excluding hydrogens is 362 g/mol. The topological polar surface area (TPSA) is 73.0 Å². The number of carbonyl (C=O) groups is 1. The molecule has 0 saturated heterocycles. The van der Waals surface area contributed by atoms with Crippen LogP contribution >= 0.6 is 11.8 Å². The number of para-hydroxylation sites is 1. The number of aromatic nitrogens is 3. The number of anilines is 1. The first-order valence-electron chi connectivity index (χ1n) is 7.82. The first kappa shape index (κ1) is 18.1. The number of amides is 1. The average molecular weight is 378 g/mol. The summed E-state index contributed by atoms with van der Waals surface area (Å²) < 4.78 is 34.4. The number of furan rings is 1. The van der Waals surface area contributed by atoms with Gasteiger partial charge < -0.3 is 9.73 Å². The molecule has 3 aromatic rings. The first-order valence-corrected chi connectivity index (χ1v) is 8.81. The third-order valence-electron chi connectivity index (χ3n) is 3.48. The van der Waals surface area contributed by atoms with Gasteiger partial charge in [0, 0.05) is 6.04 Å². The van der Waals surface area contributed by atoms with Crippen LogP contribution in [0.15, 0.2) is 46.2 Å². The molecule has 0 atom stereocenters. The van der Waals surface area contributed by atoms with E-state index in [9.17, 15) is 13.6 Å². The Morgan fingerprint density at radius 2 is 1.96 bits per heavy atom. The Labute approximate surface area is 152 Å². The van der Waals surface area contributed by atoms with E-state index in [1.54, 1.807) is 12.1 Å². The van der Waals surface area contributed by atoms with Crippen LogP contribution in [-0.2, 0) is 4.79 Å². The number of rotatable bonds is 6. The van der Waals surface area contributed by atoms with Crippen molar-refractivity contribution in [1.29, 1.82) is 0 Å². The highest BCUT2D eigenvalue weighted by Crippen LogP contribution is 2.28. The molecule has 1 aromatic carbocycles. The summed E-state index contributed by atoms with van der Waals surface area (Å²) in [5.74, 6) is -1.15. The lowest BCUT2D eigenvalue weighted by Crippen LogP contribution is -2.17. The van der Waals surface area contributed by atoms with E-state index in [1.807, 2.05) is 18.4 Å². The van der Waals surface area contributed by atoms with E-state index in [2.05, 4.69) is 15.5 Å². The summed E-state index contributed by atoms with van der Waals surface area (Å²) in [6.45, 7) is 3.91. The Hall–Kier alpha value is -2.68. The SMILES string of the molecule is CC(C)n1c(SCC(=O)Nc2c(F)cccc2F)nnc1-c1ccco1. The van der Waals surface area contributed by atoms with Gasteiger partial charge in [-0.1, -0.05) is 17.8 Å². The van der Waals surface area contributed by atoms with Gasteiger partial charge in [-0.15, -0.1) is 10.2 Å². The van der Waals surface area contributed by atoms with Gasteiger partial charge in [-0.05, 0) is 38.1 Å². The fourth-order valence-corrected chi connectivity index (χ4v) is 3.20. The lowest BCUT2D eigenvalue weighted by molar-refractivity contribution is -0.113. The van der Waals surface area contributed by atoms with Crippen LogP contribution in [0, 0.1) is 11.6 Å². The number of thioether (sulfide) groups is 1. The van der Waals surface area contributed by atoms with E-state index in [-0.39, 0.29) is 11.8 Å². The maximum absolute atomic E-state index is 13.6. The van der Waals surface area contributed by atoms with Gasteiger partial charge in [0.15, 0.2) is 10.9 Å². The summed E-state index contributed by atoms with van der Waals surface area (Å²) in [4.78, 5) is 12.1. The standard InChI is InChI=1S/C17H16F2N4O2S/c1-10(2)23-16(13-7-4-8-25-13)21-22-17(23)26-9-14(24)20-15-11(18)5-3-6-12(15)19/h3-8,10H,9H2,1-2H3,(H,20,24). The van der Waals surface area contributed by atoms with Gasteiger partial charge in [0.2, 0.25) is 11.7 Å². The molecule has 26 heavy (non-hydrogen) atoms. The van der Waals surface area contributed by atoms with Gasteiger partial charge >= 0.3 is 0 Å². The molecule has 0 unspecified atom stereocenters. The Bertz CT molecular complexity index is 889. The van der Waals surface area contributed by atoms with E-state index in [0.29, 0.717) is 16.7 Å². The lowest BCUT2D eigenvalue weighted by atomic mass is 10.3. The van der Waals surface area contributed by atoms with Gasteiger partial charge in [0.1, 0.15) is 17.3 Å². The molecule has 6 nitrogen and oxygen atoms in total. The van der Waals surface area contributed by atoms with Crippen LogP contribution in [0.25, 0.3) is 11.6 Å². The Kier molecular flexibility index (Phi) is 5.36. The molecule has 0 aliphatic carbocycles. The van der Waals surface area contributed by atoms with Crippen LogP contribution in [0.3, 0.4) is 0 Å². The van der Waals surface area contributed by atoms with Crippen molar-refractivity contribution in [3.05, 3.63) is 48.2 Å². The second-order valence-corrected chi connectivity index (χ2v) is 6.62. The van der Waals surface area contributed by atoms with Crippen molar-refractivity contribution < 1.29 is 18.0 Å². The van der Waals surface area contributed by atoms with Crippen LogP contribution in [0.2, 0.25) is 0 Å². The largest absolute Gasteiger partial charge is 0.461 e. The molecule has 0 fully saturated rings. The van der Waals surface area contributed by atoms with Crippen LogP contribution in [0.5, 0.6) is 0 Å². The van der Waals surface area contributed by atoms with Gasteiger partial charge in [-0.3, -0.25) is 9.36 Å². The summed E-state index contributed by atoms with van der Waals surface area (Å²) >= 11 is 1.12. The molecule has 0 aliphatic heterocycles. The van der Waals surface area contributed by atoms with Crippen molar-refractivity contribution in [1.82, 2.24) is 14.8 Å². The maximum atomic E-state index is 13.6. The molecule has 0 spiro atoms. The minimum atomic E-state index is -0.825. The van der Waals surface area contributed by atoms with Crippen LogP contribution in [0.4, 0.5) is 14.5 Å². The van der Waals surface area contributed by atoms with E-state index in [1.165, 1.54) is 12.3 Å². The third-order valence-corrected chi connectivity index (χ3v) is 4.43. The van der Waals surface area contributed by atoms with Gasteiger partial charge in [-0.2, -0.15) is 0 Å². The normalized spacial score (nSPS) is 11.1. The number of carbonyl (C=O) groups excluding carboxylic acids is 1. The molecule has 136 valence electrons. The molecule has 9 heteroatoms. The highest BCUT2D eigenvalue weighted by molar-refractivity contribution is 7.99. The summed E-state index contributed by atoms with van der Waals surface area (Å²) in [7, 11) is 0. The van der Waals surface area contributed by atoms with E-state index in [0.717, 1.165) is 23.9 Å². The summed E-state index contributed by atoms with van der Waals surface area (Å²) in [6, 6.07) is 6.94. The predicted octanol–water partition coefficient (Wildman–Crippen LogP) is 4.13. The molecule has 0 bridgehead atoms. The van der Waals surface area contributed by atoms with E-state index >= 15 is 0 Å². The minimum Gasteiger partial charge on any atom is -0.461 e. The smallest absolute Gasteiger partial charge is 0.235 e. The van der Waals surface area contributed by atoms with Gasteiger partial charge in [0.05, 0.1) is 12.0 Å². The molecule has 0 radical (unpaired) electrons. The quantitative estimate of drug-likeness (QED) is 0.653. The molecular formula is C17H16F2N4O2S. The second-order valence-electron chi connectivity index (χ2n) is 5.68. The zero-order valence-corrected chi connectivity index (χ0v) is 14.9. The Morgan fingerprint density at radius 3 is 2.58 bits per heavy atom. The van der Waals surface area contributed by atoms with E-state index < -0.39 is 23.2 Å². The van der Waals surface area contributed by atoms with Crippen molar-refractivity contribution in [2.45, 2.75) is 25.0 Å². The molecule has 0 aliphatic rings. The highest BCUT2D eigenvalue weighted by atomic mass is 32.2. The fraction of sp³-hybridized carbons (Fsp3) is 0.235. The first-order chi connectivity index (χ1) is 12.5. The fourth-order valence-electron chi connectivity index (χ4n) is 2.34. The average Bonchev–Trinajstić information content (AvgIpc) is 3.25. The number of nitrogens with zero attached hydrogens (tertiary/aromatic N) is 3. The molecule has 2 heterocycles. The molecule has 2 aromatic heterocycles. The summed E-state index contributed by atoms with van der Waals surface area (Å²) in [5, 5.41) is 11.0. The highest BCUT2D eigenvalue weighted by Gasteiger charge is 2.20. The van der Waals surface area contributed by atoms with Crippen molar-refractivity contribution in [2.75, 3.05) is 11.1 Å². The number of benzene rings is 1. The number of hydrogen-bond acceptors (Lipinski definition) is 5. The summed E-state index contributed by atoms with van der Waals surface area (Å²) in [5.41, 5.74) is -0.459. The zero-order chi connectivity index (χ0) is 18.7. The van der Waals surface area contributed by atoms with Crippen molar-refractivity contribution in [3.8, 4) is 11.6 Å². The van der Waals surface area contributed by atoms with E-state index in [4.69, 9.17) is 4.42 Å². The van der Waals surface area contributed by atoms with Crippen molar-refractivity contribution >= 4 is 23.4 Å². The number of nitrogens with one attached hydrogen (secondary N) is 1. The van der Waals surface area contributed by atoms with Crippen LogP contribution in [0.1, 0.15) is 19.9 Å². The monoisotopic (exact) mass is 378 g/mol. The molecule has 1 amide bonds. The summed E-state index contributed by atoms with van der Waals surface area (Å²) in [6.07, 6.45) is 1.54. The molecule has 1 N–H and O–H groups in total. The van der Waals surface area contributed by atoms with Gasteiger partial charge in [-0.25, -0.2) is 8.78 Å². The maximum Gasteiger partial charge on any atom is 0.235 e. The zero-order valence-electron chi connectivity index (χ0n) is 14.1.